The van der Waals surface area contributed by atoms with Crippen molar-refractivity contribution in [3.05, 3.63) is 20.8 Å². The van der Waals surface area contributed by atoms with Crippen LogP contribution in [0.1, 0.15) is 51.0 Å². The Kier molecular flexibility index (Phi) is 4.40. The van der Waals surface area contributed by atoms with Crippen LogP contribution in [0.4, 0.5) is 4.79 Å². The molecule has 128 valence electrons. The molecule has 1 saturated heterocycles. The van der Waals surface area contributed by atoms with Crippen molar-refractivity contribution in [3.63, 3.8) is 0 Å². The largest absolute Gasteiger partial charge is 0.444 e. The molecule has 0 radical (unpaired) electrons. The van der Waals surface area contributed by atoms with Crippen molar-refractivity contribution in [1.29, 1.82) is 0 Å². The van der Waals surface area contributed by atoms with Gasteiger partial charge in [0.15, 0.2) is 0 Å². The molecule has 0 aliphatic carbocycles. The molecular formula is C17H24ClNO3S. The minimum Gasteiger partial charge on any atom is -0.444 e. The summed E-state index contributed by atoms with van der Waals surface area (Å²) in [6, 6.07) is 2.14. The molecule has 0 bridgehead atoms. The number of carbonyl (C=O) groups excluding carboxylic acids is 1. The molecule has 2 aliphatic rings. The summed E-state index contributed by atoms with van der Waals surface area (Å²) in [5.74, 6) is 0. The number of hydrogen-bond acceptors (Lipinski definition) is 4. The van der Waals surface area contributed by atoms with E-state index in [0.717, 1.165) is 30.2 Å². The van der Waals surface area contributed by atoms with Crippen LogP contribution in [0.2, 0.25) is 4.34 Å². The molecule has 3 heterocycles. The highest BCUT2D eigenvalue weighted by Crippen LogP contribution is 2.48. The van der Waals surface area contributed by atoms with E-state index in [2.05, 4.69) is 13.0 Å². The van der Waals surface area contributed by atoms with Crippen LogP contribution in [-0.2, 0) is 21.5 Å². The lowest BCUT2D eigenvalue weighted by Gasteiger charge is -2.46. The first-order valence-electron chi connectivity index (χ1n) is 8.12. The molecule has 1 fully saturated rings. The van der Waals surface area contributed by atoms with Crippen molar-refractivity contribution in [1.82, 2.24) is 4.90 Å². The fourth-order valence-electron chi connectivity index (χ4n) is 3.53. The van der Waals surface area contributed by atoms with Crippen LogP contribution in [0.5, 0.6) is 0 Å². The van der Waals surface area contributed by atoms with Crippen molar-refractivity contribution in [2.45, 2.75) is 64.2 Å². The third kappa shape index (κ3) is 3.37. The third-order valence-corrected chi connectivity index (χ3v) is 5.98. The van der Waals surface area contributed by atoms with Gasteiger partial charge >= 0.3 is 6.09 Å². The van der Waals surface area contributed by atoms with E-state index in [1.54, 1.807) is 11.3 Å². The molecule has 0 N–H and O–H groups in total. The van der Waals surface area contributed by atoms with Crippen LogP contribution in [0.15, 0.2) is 6.07 Å². The predicted octanol–water partition coefficient (Wildman–Crippen LogP) is 4.59. The number of piperidine rings is 1. The van der Waals surface area contributed by atoms with Crippen LogP contribution in [-0.4, -0.2) is 35.8 Å². The molecule has 0 aromatic carbocycles. The fraction of sp³-hybridized carbons (Fsp3) is 0.706. The van der Waals surface area contributed by atoms with E-state index < -0.39 is 5.60 Å². The number of thiophene rings is 1. The normalized spacial score (nSPS) is 27.9. The second-order valence-corrected chi connectivity index (χ2v) is 9.16. The van der Waals surface area contributed by atoms with Gasteiger partial charge in [0.05, 0.1) is 10.9 Å². The van der Waals surface area contributed by atoms with E-state index in [-0.39, 0.29) is 17.7 Å². The summed E-state index contributed by atoms with van der Waals surface area (Å²) in [7, 11) is 0. The zero-order valence-electron chi connectivity index (χ0n) is 14.1. The van der Waals surface area contributed by atoms with Gasteiger partial charge in [-0.2, -0.15) is 0 Å². The highest BCUT2D eigenvalue weighted by atomic mass is 35.5. The monoisotopic (exact) mass is 357 g/mol. The Balaban J connectivity index is 1.78. The van der Waals surface area contributed by atoms with Gasteiger partial charge in [-0.15, -0.1) is 11.3 Å². The van der Waals surface area contributed by atoms with Gasteiger partial charge < -0.3 is 14.4 Å². The molecular weight excluding hydrogens is 334 g/mol. The fourth-order valence-corrected chi connectivity index (χ4v) is 5.01. The lowest BCUT2D eigenvalue weighted by atomic mass is 9.82. The first kappa shape index (κ1) is 17.1. The van der Waals surface area contributed by atoms with E-state index in [1.807, 2.05) is 25.7 Å². The average molecular weight is 358 g/mol. The first-order chi connectivity index (χ1) is 10.7. The van der Waals surface area contributed by atoms with E-state index in [0.29, 0.717) is 6.54 Å². The van der Waals surface area contributed by atoms with Crippen molar-refractivity contribution < 1.29 is 14.3 Å². The number of ether oxygens (including phenoxy) is 2. The number of nitrogens with zero attached hydrogens (tertiary/aromatic N) is 1. The van der Waals surface area contributed by atoms with Crippen LogP contribution in [0.25, 0.3) is 0 Å². The number of likely N-dealkylation sites (tertiary alicyclic amines) is 1. The third-order valence-electron chi connectivity index (χ3n) is 4.48. The van der Waals surface area contributed by atoms with Crippen LogP contribution in [0, 0.1) is 0 Å². The summed E-state index contributed by atoms with van der Waals surface area (Å²) in [4.78, 5) is 15.5. The van der Waals surface area contributed by atoms with Gasteiger partial charge in [-0.3, -0.25) is 0 Å². The van der Waals surface area contributed by atoms with Gasteiger partial charge in [0.2, 0.25) is 0 Å². The van der Waals surface area contributed by atoms with Crippen LogP contribution < -0.4 is 0 Å². The summed E-state index contributed by atoms with van der Waals surface area (Å²) >= 11 is 7.84. The maximum absolute atomic E-state index is 12.4. The molecule has 0 saturated carbocycles. The number of hydrogen-bond donors (Lipinski definition) is 0. The predicted molar refractivity (Wildman–Crippen MR) is 92.3 cm³/mol. The number of rotatable bonds is 0. The van der Waals surface area contributed by atoms with E-state index in [4.69, 9.17) is 21.1 Å². The van der Waals surface area contributed by atoms with E-state index in [9.17, 15) is 4.79 Å². The van der Waals surface area contributed by atoms with Crippen LogP contribution in [0.3, 0.4) is 0 Å². The lowest BCUT2D eigenvalue weighted by molar-refractivity contribution is -0.108. The summed E-state index contributed by atoms with van der Waals surface area (Å²) in [5, 5.41) is 0. The van der Waals surface area contributed by atoms with E-state index in [1.165, 1.54) is 10.4 Å². The molecule has 3 rings (SSSR count). The minimum atomic E-state index is -0.471. The Morgan fingerprint density at radius 3 is 2.91 bits per heavy atom. The van der Waals surface area contributed by atoms with Gasteiger partial charge in [0.25, 0.3) is 0 Å². The topological polar surface area (TPSA) is 38.8 Å². The lowest BCUT2D eigenvalue weighted by Crippen LogP contribution is -2.53. The Hall–Kier alpha value is -0.780. The first-order valence-corrected chi connectivity index (χ1v) is 9.32. The zero-order chi connectivity index (χ0) is 16.8. The second-order valence-electron chi connectivity index (χ2n) is 7.47. The Morgan fingerprint density at radius 1 is 1.52 bits per heavy atom. The molecule has 1 aromatic heterocycles. The molecule has 0 unspecified atom stereocenters. The van der Waals surface area contributed by atoms with Crippen molar-refractivity contribution in [2.24, 2.45) is 0 Å². The molecule has 1 spiro atoms. The Morgan fingerprint density at radius 2 is 2.26 bits per heavy atom. The quantitative estimate of drug-likeness (QED) is 0.681. The van der Waals surface area contributed by atoms with Gasteiger partial charge in [0.1, 0.15) is 11.2 Å². The summed E-state index contributed by atoms with van der Waals surface area (Å²) < 4.78 is 12.6. The number of fused-ring (bicyclic) bond motifs is 2. The molecule has 2 atom stereocenters. The molecule has 1 amide bonds. The maximum atomic E-state index is 12.4. The maximum Gasteiger partial charge on any atom is 0.410 e. The average Bonchev–Trinajstić information content (AvgIpc) is 2.79. The van der Waals surface area contributed by atoms with Crippen LogP contribution >= 0.6 is 22.9 Å². The highest BCUT2D eigenvalue weighted by Gasteiger charge is 2.46. The Bertz CT molecular complexity index is 609. The Labute approximate surface area is 146 Å². The number of carbonyl (C=O) groups is 1. The number of amides is 1. The SMILES string of the molecule is C[C@H]1C[C@@]2(CCN1C(=O)OC(C)(C)C)OCCc1cc(Cl)sc12. The summed E-state index contributed by atoms with van der Waals surface area (Å²) in [6.45, 7) is 9.11. The zero-order valence-corrected chi connectivity index (χ0v) is 15.7. The van der Waals surface area contributed by atoms with Gasteiger partial charge in [0, 0.05) is 23.9 Å². The number of halogens is 1. The molecule has 1 aromatic rings. The smallest absolute Gasteiger partial charge is 0.410 e. The van der Waals surface area contributed by atoms with Crippen molar-refractivity contribution in [3.8, 4) is 0 Å². The molecule has 23 heavy (non-hydrogen) atoms. The molecule has 2 aliphatic heterocycles. The van der Waals surface area contributed by atoms with Crippen molar-refractivity contribution in [2.75, 3.05) is 13.2 Å². The van der Waals surface area contributed by atoms with Crippen molar-refractivity contribution >= 4 is 29.0 Å². The molecule has 4 nitrogen and oxygen atoms in total. The molecule has 6 heteroatoms. The van der Waals surface area contributed by atoms with Gasteiger partial charge in [-0.1, -0.05) is 11.6 Å². The van der Waals surface area contributed by atoms with E-state index >= 15 is 0 Å². The highest BCUT2D eigenvalue weighted by molar-refractivity contribution is 7.16. The minimum absolute atomic E-state index is 0.0745. The van der Waals surface area contributed by atoms with Gasteiger partial charge in [-0.25, -0.2) is 4.79 Å². The summed E-state index contributed by atoms with van der Waals surface area (Å²) in [6.07, 6.45) is 2.26. The standard InChI is InChI=1S/C17H24ClNO3S/c1-11-10-17(6-7-19(11)15(20)22-16(2,3)4)14-12(5-8-21-17)9-13(18)23-14/h9,11H,5-8,10H2,1-4H3/t11-,17+/m0/s1. The van der Waals surface area contributed by atoms with Gasteiger partial charge in [-0.05, 0) is 52.2 Å². The second kappa shape index (κ2) is 5.94. The summed E-state index contributed by atoms with van der Waals surface area (Å²) in [5.41, 5.74) is 0.551.